The van der Waals surface area contributed by atoms with Gasteiger partial charge in [0.15, 0.2) is 0 Å². The van der Waals surface area contributed by atoms with Gasteiger partial charge in [0.25, 0.3) is 0 Å². The fourth-order valence-electron chi connectivity index (χ4n) is 3.98. The number of amides is 1. The SMILES string of the molecule is Cc1nn(C(C)C)c2cc(-c3noc(C4CCN(C(=O)OC(C)(C)C)CC4)n3)ccc12. The minimum atomic E-state index is -0.486. The van der Waals surface area contributed by atoms with E-state index in [9.17, 15) is 4.79 Å². The van der Waals surface area contributed by atoms with Crippen LogP contribution in [0.1, 0.15) is 71.0 Å². The zero-order chi connectivity index (χ0) is 22.3. The van der Waals surface area contributed by atoms with Crippen LogP contribution in [0.3, 0.4) is 0 Å². The number of fused-ring (bicyclic) bond motifs is 1. The van der Waals surface area contributed by atoms with Crippen LogP contribution in [0.5, 0.6) is 0 Å². The zero-order valence-corrected chi connectivity index (χ0v) is 19.2. The van der Waals surface area contributed by atoms with Crippen molar-refractivity contribution in [2.45, 2.75) is 71.9 Å². The maximum absolute atomic E-state index is 12.3. The van der Waals surface area contributed by atoms with Crippen LogP contribution in [-0.4, -0.2) is 49.6 Å². The molecular weight excluding hydrogens is 394 g/mol. The van der Waals surface area contributed by atoms with Gasteiger partial charge in [-0.2, -0.15) is 10.1 Å². The molecule has 0 radical (unpaired) electrons. The normalized spacial score (nSPS) is 15.8. The third-order valence-electron chi connectivity index (χ3n) is 5.58. The molecule has 8 heteroatoms. The molecule has 0 bridgehead atoms. The summed E-state index contributed by atoms with van der Waals surface area (Å²) in [5.74, 6) is 1.36. The number of piperidine rings is 1. The summed E-state index contributed by atoms with van der Waals surface area (Å²) in [4.78, 5) is 18.7. The molecule has 31 heavy (non-hydrogen) atoms. The Morgan fingerprint density at radius 3 is 2.58 bits per heavy atom. The second kappa shape index (κ2) is 7.98. The van der Waals surface area contributed by atoms with Gasteiger partial charge in [0.2, 0.25) is 11.7 Å². The molecule has 1 aromatic carbocycles. The quantitative estimate of drug-likeness (QED) is 0.581. The minimum absolute atomic E-state index is 0.145. The van der Waals surface area contributed by atoms with Crippen molar-refractivity contribution in [3.8, 4) is 11.4 Å². The van der Waals surface area contributed by atoms with E-state index in [0.29, 0.717) is 24.8 Å². The van der Waals surface area contributed by atoms with Gasteiger partial charge in [-0.25, -0.2) is 4.79 Å². The average Bonchev–Trinajstić information content (AvgIpc) is 3.32. The lowest BCUT2D eigenvalue weighted by molar-refractivity contribution is 0.0198. The van der Waals surface area contributed by atoms with Gasteiger partial charge < -0.3 is 14.2 Å². The van der Waals surface area contributed by atoms with Crippen molar-refractivity contribution < 1.29 is 14.1 Å². The third-order valence-corrected chi connectivity index (χ3v) is 5.58. The van der Waals surface area contributed by atoms with Crippen molar-refractivity contribution in [1.29, 1.82) is 0 Å². The van der Waals surface area contributed by atoms with Crippen molar-refractivity contribution in [2.75, 3.05) is 13.1 Å². The molecule has 0 saturated carbocycles. The Bertz CT molecular complexity index is 1080. The average molecular weight is 426 g/mol. The van der Waals surface area contributed by atoms with Gasteiger partial charge in [-0.3, -0.25) is 4.68 Å². The fourth-order valence-corrected chi connectivity index (χ4v) is 3.98. The molecule has 0 atom stereocenters. The van der Waals surface area contributed by atoms with Crippen LogP contribution in [0.2, 0.25) is 0 Å². The van der Waals surface area contributed by atoms with Crippen LogP contribution in [0.25, 0.3) is 22.3 Å². The number of aryl methyl sites for hydroxylation is 1. The smallest absolute Gasteiger partial charge is 0.410 e. The second-order valence-corrected chi connectivity index (χ2v) is 9.55. The molecule has 4 rings (SSSR count). The molecule has 0 aliphatic carbocycles. The first-order valence-electron chi connectivity index (χ1n) is 10.9. The molecule has 0 spiro atoms. The summed E-state index contributed by atoms with van der Waals surface area (Å²) in [7, 11) is 0. The van der Waals surface area contributed by atoms with Gasteiger partial charge >= 0.3 is 6.09 Å². The molecule has 166 valence electrons. The van der Waals surface area contributed by atoms with E-state index in [1.165, 1.54) is 0 Å². The van der Waals surface area contributed by atoms with Crippen LogP contribution >= 0.6 is 0 Å². The molecule has 0 unspecified atom stereocenters. The number of likely N-dealkylation sites (tertiary alicyclic amines) is 1. The van der Waals surface area contributed by atoms with Gasteiger partial charge in [-0.15, -0.1) is 0 Å². The van der Waals surface area contributed by atoms with Gasteiger partial charge in [-0.05, 0) is 60.5 Å². The number of nitrogens with zero attached hydrogens (tertiary/aromatic N) is 5. The number of hydrogen-bond acceptors (Lipinski definition) is 6. The molecule has 0 N–H and O–H groups in total. The van der Waals surface area contributed by atoms with Gasteiger partial charge in [0.1, 0.15) is 5.60 Å². The molecule has 3 heterocycles. The van der Waals surface area contributed by atoms with Crippen molar-refractivity contribution in [3.05, 3.63) is 29.8 Å². The maximum Gasteiger partial charge on any atom is 0.410 e. The lowest BCUT2D eigenvalue weighted by Crippen LogP contribution is -2.41. The fraction of sp³-hybridized carbons (Fsp3) is 0.565. The topological polar surface area (TPSA) is 86.3 Å². The van der Waals surface area contributed by atoms with E-state index in [-0.39, 0.29) is 18.1 Å². The molecule has 1 aliphatic heterocycles. The Morgan fingerprint density at radius 1 is 1.23 bits per heavy atom. The predicted molar refractivity (Wildman–Crippen MR) is 118 cm³/mol. The van der Waals surface area contributed by atoms with Crippen LogP contribution in [0.15, 0.2) is 22.7 Å². The van der Waals surface area contributed by atoms with Crippen molar-refractivity contribution in [1.82, 2.24) is 24.8 Å². The molecular formula is C23H31N5O3. The van der Waals surface area contributed by atoms with Crippen LogP contribution in [0, 0.1) is 6.92 Å². The Morgan fingerprint density at radius 2 is 1.94 bits per heavy atom. The molecule has 1 fully saturated rings. The summed E-state index contributed by atoms with van der Waals surface area (Å²) in [6.07, 6.45) is 1.29. The molecule has 3 aromatic rings. The van der Waals surface area contributed by atoms with Crippen molar-refractivity contribution in [3.63, 3.8) is 0 Å². The Labute approximate surface area is 182 Å². The highest BCUT2D eigenvalue weighted by molar-refractivity contribution is 5.85. The maximum atomic E-state index is 12.3. The number of hydrogen-bond donors (Lipinski definition) is 0. The summed E-state index contributed by atoms with van der Waals surface area (Å²) < 4.78 is 13.1. The van der Waals surface area contributed by atoms with Crippen molar-refractivity contribution in [2.24, 2.45) is 0 Å². The predicted octanol–water partition coefficient (Wildman–Crippen LogP) is 5.09. The van der Waals surface area contributed by atoms with Crippen LogP contribution < -0.4 is 0 Å². The highest BCUT2D eigenvalue weighted by Gasteiger charge is 2.30. The minimum Gasteiger partial charge on any atom is -0.444 e. The first-order valence-corrected chi connectivity index (χ1v) is 10.9. The largest absolute Gasteiger partial charge is 0.444 e. The van der Waals surface area contributed by atoms with E-state index >= 15 is 0 Å². The zero-order valence-electron chi connectivity index (χ0n) is 19.2. The number of rotatable bonds is 3. The first-order chi connectivity index (χ1) is 14.6. The lowest BCUT2D eigenvalue weighted by atomic mass is 9.97. The van der Waals surface area contributed by atoms with Crippen LogP contribution in [-0.2, 0) is 4.74 Å². The summed E-state index contributed by atoms with van der Waals surface area (Å²) in [6.45, 7) is 13.1. The Balaban J connectivity index is 1.48. The van der Waals surface area contributed by atoms with Gasteiger partial charge in [0, 0.05) is 36.0 Å². The first kappa shape index (κ1) is 21.3. The summed E-state index contributed by atoms with van der Waals surface area (Å²) >= 11 is 0. The molecule has 1 amide bonds. The monoisotopic (exact) mass is 425 g/mol. The third kappa shape index (κ3) is 4.43. The van der Waals surface area contributed by atoms with E-state index in [2.05, 4.69) is 41.2 Å². The van der Waals surface area contributed by atoms with E-state index in [1.807, 2.05) is 38.4 Å². The van der Waals surface area contributed by atoms with Gasteiger partial charge in [0.05, 0.1) is 11.2 Å². The van der Waals surface area contributed by atoms with Crippen LogP contribution in [0.4, 0.5) is 4.79 Å². The molecule has 8 nitrogen and oxygen atoms in total. The summed E-state index contributed by atoms with van der Waals surface area (Å²) in [5.41, 5.74) is 2.51. The van der Waals surface area contributed by atoms with E-state index in [0.717, 1.165) is 35.0 Å². The number of aromatic nitrogens is 4. The molecule has 1 saturated heterocycles. The van der Waals surface area contributed by atoms with Crippen molar-refractivity contribution >= 4 is 17.0 Å². The number of benzene rings is 1. The lowest BCUT2D eigenvalue weighted by Gasteiger charge is -2.32. The second-order valence-electron chi connectivity index (χ2n) is 9.55. The Hall–Kier alpha value is -2.90. The number of carbonyl (C=O) groups is 1. The van der Waals surface area contributed by atoms with Gasteiger partial charge in [-0.1, -0.05) is 17.3 Å². The number of ether oxygens (including phenoxy) is 1. The molecule has 2 aromatic heterocycles. The van der Waals surface area contributed by atoms with E-state index in [1.54, 1.807) is 4.90 Å². The Kier molecular flexibility index (Phi) is 5.49. The molecule has 1 aliphatic rings. The summed E-state index contributed by atoms with van der Waals surface area (Å²) in [6, 6.07) is 6.43. The van der Waals surface area contributed by atoms with E-state index in [4.69, 9.17) is 9.26 Å². The highest BCUT2D eigenvalue weighted by atomic mass is 16.6. The highest BCUT2D eigenvalue weighted by Crippen LogP contribution is 2.31. The summed E-state index contributed by atoms with van der Waals surface area (Å²) in [5, 5.41) is 10.0. The number of carbonyl (C=O) groups excluding carboxylic acids is 1. The van der Waals surface area contributed by atoms with E-state index < -0.39 is 5.60 Å². The standard InChI is InChI=1S/C23H31N5O3/c1-14(2)28-19-13-17(7-8-18(19)15(3)25-28)20-24-21(31-26-20)16-9-11-27(12-10-16)22(29)30-23(4,5)6/h7-8,13-14,16H,9-12H2,1-6H3.